The molecule has 0 atom stereocenters. The van der Waals surface area contributed by atoms with Crippen LogP contribution in [0.15, 0.2) is 12.7 Å². The van der Waals surface area contributed by atoms with Crippen LogP contribution >= 0.6 is 0 Å². The van der Waals surface area contributed by atoms with E-state index < -0.39 is 5.97 Å². The predicted molar refractivity (Wildman–Crippen MR) is 73.1 cm³/mol. The molecule has 1 rings (SSSR count). The maximum absolute atomic E-state index is 11.8. The van der Waals surface area contributed by atoms with Gasteiger partial charge in [-0.2, -0.15) is 0 Å². The van der Waals surface area contributed by atoms with Crippen LogP contribution in [0.25, 0.3) is 0 Å². The molecule has 0 bridgehead atoms. The normalized spacial score (nSPS) is 16.5. The fourth-order valence-corrected chi connectivity index (χ4v) is 2.39. The molecule has 6 heteroatoms. The van der Waals surface area contributed by atoms with Crippen molar-refractivity contribution in [1.29, 1.82) is 0 Å². The number of urea groups is 1. The summed E-state index contributed by atoms with van der Waals surface area (Å²) in [5.41, 5.74) is 0. The first-order chi connectivity index (χ1) is 8.95. The maximum atomic E-state index is 11.8. The van der Waals surface area contributed by atoms with E-state index in [4.69, 9.17) is 5.11 Å². The quantitative estimate of drug-likeness (QED) is 0.746. The molecular formula is C13H23N3O3. The van der Waals surface area contributed by atoms with Crippen LogP contribution in [0.4, 0.5) is 4.79 Å². The number of piperidine rings is 1. The molecule has 0 saturated carbocycles. The Balaban J connectivity index is 2.52. The van der Waals surface area contributed by atoms with E-state index in [1.165, 1.54) is 0 Å². The lowest BCUT2D eigenvalue weighted by Crippen LogP contribution is -2.50. The van der Waals surface area contributed by atoms with E-state index in [0.29, 0.717) is 19.6 Å². The van der Waals surface area contributed by atoms with Gasteiger partial charge in [-0.1, -0.05) is 6.08 Å². The molecule has 0 radical (unpaired) electrons. The second kappa shape index (κ2) is 7.13. The van der Waals surface area contributed by atoms with E-state index >= 15 is 0 Å². The minimum Gasteiger partial charge on any atom is -0.480 e. The highest BCUT2D eigenvalue weighted by Crippen LogP contribution is 2.17. The second-order valence-electron chi connectivity index (χ2n) is 5.01. The summed E-state index contributed by atoms with van der Waals surface area (Å²) in [7, 11) is 3.48. The number of likely N-dealkylation sites (tertiary alicyclic amines) is 1. The van der Waals surface area contributed by atoms with Gasteiger partial charge in [0, 0.05) is 39.8 Å². The molecule has 0 unspecified atom stereocenters. The molecule has 0 aromatic rings. The van der Waals surface area contributed by atoms with Gasteiger partial charge in [-0.25, -0.2) is 4.79 Å². The standard InChI is InChI=1S/C13H23N3O3/c1-4-7-16(10-12(17)18)11-5-8-15(9-6-11)13(19)14(2)3/h4,11H,1,5-10H2,2-3H3,(H,17,18). The Bertz CT molecular complexity index is 336. The van der Waals surface area contributed by atoms with Crippen LogP contribution in [-0.2, 0) is 4.79 Å². The highest BCUT2D eigenvalue weighted by Gasteiger charge is 2.27. The molecule has 19 heavy (non-hydrogen) atoms. The smallest absolute Gasteiger partial charge is 0.319 e. The number of hydrogen-bond acceptors (Lipinski definition) is 3. The molecule has 6 nitrogen and oxygen atoms in total. The number of rotatable bonds is 5. The fraction of sp³-hybridized carbons (Fsp3) is 0.692. The lowest BCUT2D eigenvalue weighted by molar-refractivity contribution is -0.139. The van der Waals surface area contributed by atoms with Crippen molar-refractivity contribution in [1.82, 2.24) is 14.7 Å². The number of amides is 2. The van der Waals surface area contributed by atoms with Crippen molar-refractivity contribution in [3.63, 3.8) is 0 Å². The lowest BCUT2D eigenvalue weighted by atomic mass is 10.0. The van der Waals surface area contributed by atoms with Crippen LogP contribution in [0.5, 0.6) is 0 Å². The largest absolute Gasteiger partial charge is 0.480 e. The highest BCUT2D eigenvalue weighted by molar-refractivity contribution is 5.73. The van der Waals surface area contributed by atoms with Crippen LogP contribution < -0.4 is 0 Å². The summed E-state index contributed by atoms with van der Waals surface area (Å²) in [4.78, 5) is 27.9. The topological polar surface area (TPSA) is 64.1 Å². The van der Waals surface area contributed by atoms with E-state index in [-0.39, 0.29) is 18.6 Å². The number of carbonyl (C=O) groups excluding carboxylic acids is 1. The van der Waals surface area contributed by atoms with Gasteiger partial charge in [0.1, 0.15) is 0 Å². The zero-order valence-electron chi connectivity index (χ0n) is 11.7. The van der Waals surface area contributed by atoms with Gasteiger partial charge in [-0.15, -0.1) is 6.58 Å². The van der Waals surface area contributed by atoms with Crippen LogP contribution in [0.1, 0.15) is 12.8 Å². The van der Waals surface area contributed by atoms with Crippen LogP contribution in [0.2, 0.25) is 0 Å². The number of carboxylic acid groups (broad SMARTS) is 1. The van der Waals surface area contributed by atoms with Crippen molar-refractivity contribution in [2.24, 2.45) is 0 Å². The molecule has 108 valence electrons. The molecule has 1 N–H and O–H groups in total. The van der Waals surface area contributed by atoms with E-state index in [1.807, 2.05) is 9.80 Å². The van der Waals surface area contributed by atoms with E-state index in [1.54, 1.807) is 25.1 Å². The number of nitrogens with zero attached hydrogens (tertiary/aromatic N) is 3. The first-order valence-corrected chi connectivity index (χ1v) is 6.48. The highest BCUT2D eigenvalue weighted by atomic mass is 16.4. The minimum absolute atomic E-state index is 0.0203. The first kappa shape index (κ1) is 15.5. The van der Waals surface area contributed by atoms with E-state index in [9.17, 15) is 9.59 Å². The predicted octanol–water partition coefficient (Wildman–Crippen LogP) is 0.705. The average molecular weight is 269 g/mol. The SMILES string of the molecule is C=CCN(CC(=O)O)C1CCN(C(=O)N(C)C)CC1. The zero-order chi connectivity index (χ0) is 14.4. The molecule has 1 fully saturated rings. The third-order valence-corrected chi connectivity index (χ3v) is 3.34. The molecule has 1 heterocycles. The Labute approximate surface area is 114 Å². The van der Waals surface area contributed by atoms with Crippen molar-refractivity contribution < 1.29 is 14.7 Å². The third-order valence-electron chi connectivity index (χ3n) is 3.34. The molecule has 1 aliphatic heterocycles. The Morgan fingerprint density at radius 2 is 1.95 bits per heavy atom. The van der Waals surface area contributed by atoms with Gasteiger partial charge in [-0.05, 0) is 12.8 Å². The summed E-state index contributed by atoms with van der Waals surface area (Å²) < 4.78 is 0. The van der Waals surface area contributed by atoms with Crippen molar-refractivity contribution in [3.05, 3.63) is 12.7 Å². The molecule has 0 aromatic heterocycles. The first-order valence-electron chi connectivity index (χ1n) is 6.48. The van der Waals surface area contributed by atoms with Gasteiger partial charge >= 0.3 is 12.0 Å². The number of carbonyl (C=O) groups is 2. The second-order valence-corrected chi connectivity index (χ2v) is 5.01. The van der Waals surface area contributed by atoms with Crippen molar-refractivity contribution in [2.45, 2.75) is 18.9 Å². The molecular weight excluding hydrogens is 246 g/mol. The lowest BCUT2D eigenvalue weighted by Gasteiger charge is -2.38. The van der Waals surface area contributed by atoms with Crippen LogP contribution in [0.3, 0.4) is 0 Å². The molecule has 1 aliphatic rings. The van der Waals surface area contributed by atoms with Gasteiger partial charge in [-0.3, -0.25) is 9.69 Å². The van der Waals surface area contributed by atoms with Crippen molar-refractivity contribution in [3.8, 4) is 0 Å². The summed E-state index contributed by atoms with van der Waals surface area (Å²) in [6.45, 7) is 5.61. The molecule has 0 spiro atoms. The summed E-state index contributed by atoms with van der Waals surface area (Å²) in [6, 6.07) is 0.229. The number of hydrogen-bond donors (Lipinski definition) is 1. The zero-order valence-corrected chi connectivity index (χ0v) is 11.7. The average Bonchev–Trinajstić information content (AvgIpc) is 2.37. The minimum atomic E-state index is -0.825. The van der Waals surface area contributed by atoms with E-state index in [2.05, 4.69) is 6.58 Å². The Morgan fingerprint density at radius 3 is 2.37 bits per heavy atom. The summed E-state index contributed by atoms with van der Waals surface area (Å²) >= 11 is 0. The van der Waals surface area contributed by atoms with Gasteiger partial charge in [0.05, 0.1) is 6.54 Å². The molecule has 0 aliphatic carbocycles. The summed E-state index contributed by atoms with van der Waals surface area (Å²) in [5, 5.41) is 8.91. The Hall–Kier alpha value is -1.56. The molecule has 0 aromatic carbocycles. The number of aliphatic carboxylic acids is 1. The Morgan fingerprint density at radius 1 is 1.37 bits per heavy atom. The van der Waals surface area contributed by atoms with Crippen molar-refractivity contribution >= 4 is 12.0 Å². The van der Waals surface area contributed by atoms with Gasteiger partial charge < -0.3 is 14.9 Å². The third kappa shape index (κ3) is 4.55. The van der Waals surface area contributed by atoms with Crippen LogP contribution in [-0.4, -0.2) is 78.1 Å². The maximum Gasteiger partial charge on any atom is 0.319 e. The molecule has 2 amide bonds. The fourth-order valence-electron chi connectivity index (χ4n) is 2.39. The Kier molecular flexibility index (Phi) is 5.82. The van der Waals surface area contributed by atoms with Gasteiger partial charge in [0.2, 0.25) is 0 Å². The summed E-state index contributed by atoms with van der Waals surface area (Å²) in [6.07, 6.45) is 3.34. The summed E-state index contributed by atoms with van der Waals surface area (Å²) in [5.74, 6) is -0.825. The number of carboxylic acids is 1. The van der Waals surface area contributed by atoms with Gasteiger partial charge in [0.25, 0.3) is 0 Å². The monoisotopic (exact) mass is 269 g/mol. The van der Waals surface area contributed by atoms with Crippen molar-refractivity contribution in [2.75, 3.05) is 40.3 Å². The van der Waals surface area contributed by atoms with E-state index in [0.717, 1.165) is 12.8 Å². The van der Waals surface area contributed by atoms with Gasteiger partial charge in [0.15, 0.2) is 0 Å². The van der Waals surface area contributed by atoms with Crippen LogP contribution in [0, 0.1) is 0 Å². The molecule has 1 saturated heterocycles.